The first-order chi connectivity index (χ1) is 11.0. The second kappa shape index (κ2) is 11.6. The van der Waals surface area contributed by atoms with Crippen LogP contribution < -0.4 is 4.18 Å². The molecule has 4 heteroatoms. The van der Waals surface area contributed by atoms with E-state index in [9.17, 15) is 8.76 Å². The molecular weight excluding hydrogens is 308 g/mol. The van der Waals surface area contributed by atoms with E-state index in [1.807, 2.05) is 12.1 Å². The first-order valence-corrected chi connectivity index (χ1v) is 9.91. The summed E-state index contributed by atoms with van der Waals surface area (Å²) in [6.07, 6.45) is 10.3. The Hall–Kier alpha value is -0.870. The smallest absolute Gasteiger partial charge is 0.142 e. The van der Waals surface area contributed by atoms with Crippen LogP contribution in [-0.4, -0.2) is 8.76 Å². The molecule has 132 valence electrons. The summed E-state index contributed by atoms with van der Waals surface area (Å²) < 4.78 is 26.5. The van der Waals surface area contributed by atoms with Crippen LogP contribution in [0.25, 0.3) is 0 Å². The highest BCUT2D eigenvalue weighted by atomic mass is 32.2. The Bertz CT molecular complexity index is 462. The normalized spacial score (nSPS) is 15.1. The van der Waals surface area contributed by atoms with Gasteiger partial charge in [-0.05, 0) is 29.9 Å². The van der Waals surface area contributed by atoms with Crippen LogP contribution in [0.3, 0.4) is 0 Å². The van der Waals surface area contributed by atoms with Gasteiger partial charge >= 0.3 is 0 Å². The van der Waals surface area contributed by atoms with E-state index >= 15 is 0 Å². The van der Waals surface area contributed by atoms with Crippen molar-refractivity contribution in [3.05, 3.63) is 29.8 Å². The molecule has 0 N–H and O–H groups in total. The van der Waals surface area contributed by atoms with Gasteiger partial charge in [-0.2, -0.15) is 0 Å². The predicted molar refractivity (Wildman–Crippen MR) is 96.2 cm³/mol. The summed E-state index contributed by atoms with van der Waals surface area (Å²) in [4.78, 5) is 0. The molecule has 0 radical (unpaired) electrons. The Morgan fingerprint density at radius 2 is 1.74 bits per heavy atom. The van der Waals surface area contributed by atoms with Crippen LogP contribution in [-0.2, 0) is 11.4 Å². The van der Waals surface area contributed by atoms with E-state index in [0.717, 1.165) is 12.0 Å². The minimum Gasteiger partial charge on any atom is -0.740 e. The molecule has 0 bridgehead atoms. The molecule has 0 heterocycles. The SMILES string of the molecule is CCCCCCCCC(C)CC(C)c1ccccc1OS(=O)[O-]. The molecule has 3 unspecified atom stereocenters. The molecule has 0 aliphatic carbocycles. The lowest BCUT2D eigenvalue weighted by molar-refractivity contribution is 0.415. The standard InChI is InChI=1S/C19H32O3S/c1-4-5-6-7-8-9-12-16(2)15-17(3)18-13-10-11-14-19(18)22-23(20)21/h10-11,13-14,16-17H,4-9,12,15H2,1-3H3,(H,20,21)/p-1. The number of hydrogen-bond acceptors (Lipinski definition) is 3. The van der Waals surface area contributed by atoms with Gasteiger partial charge in [0.25, 0.3) is 0 Å². The van der Waals surface area contributed by atoms with Crippen LogP contribution in [0.1, 0.15) is 83.6 Å². The number of benzene rings is 1. The van der Waals surface area contributed by atoms with Gasteiger partial charge in [-0.15, -0.1) is 0 Å². The minimum absolute atomic E-state index is 0.296. The number of rotatable bonds is 12. The minimum atomic E-state index is -2.52. The largest absolute Gasteiger partial charge is 0.740 e. The van der Waals surface area contributed by atoms with E-state index in [1.54, 1.807) is 12.1 Å². The topological polar surface area (TPSA) is 49.4 Å². The summed E-state index contributed by atoms with van der Waals surface area (Å²) in [7, 11) is 0. The van der Waals surface area contributed by atoms with Crippen LogP contribution in [0.2, 0.25) is 0 Å². The molecule has 0 aliphatic heterocycles. The lowest BCUT2D eigenvalue weighted by Gasteiger charge is -2.20. The van der Waals surface area contributed by atoms with Gasteiger partial charge in [0.05, 0.1) is 0 Å². The second-order valence-electron chi connectivity index (χ2n) is 6.62. The fraction of sp³-hybridized carbons (Fsp3) is 0.684. The molecule has 0 fully saturated rings. The Morgan fingerprint density at radius 3 is 2.43 bits per heavy atom. The summed E-state index contributed by atoms with van der Waals surface area (Å²) >= 11 is -2.52. The highest BCUT2D eigenvalue weighted by Gasteiger charge is 2.15. The fourth-order valence-corrected chi connectivity index (χ4v) is 3.46. The zero-order chi connectivity index (χ0) is 17.1. The summed E-state index contributed by atoms with van der Waals surface area (Å²) in [5.74, 6) is 1.40. The third kappa shape index (κ3) is 8.52. The van der Waals surface area contributed by atoms with Gasteiger partial charge in [0.1, 0.15) is 17.1 Å². The third-order valence-corrected chi connectivity index (χ3v) is 4.73. The monoisotopic (exact) mass is 339 g/mol. The van der Waals surface area contributed by atoms with Crippen molar-refractivity contribution in [3.63, 3.8) is 0 Å². The average molecular weight is 340 g/mol. The summed E-state index contributed by atoms with van der Waals surface area (Å²) in [5, 5.41) is 0. The van der Waals surface area contributed by atoms with Crippen LogP contribution >= 0.6 is 0 Å². The average Bonchev–Trinajstić information content (AvgIpc) is 2.50. The second-order valence-corrected chi connectivity index (χ2v) is 7.20. The fourth-order valence-electron chi connectivity index (χ4n) is 3.16. The van der Waals surface area contributed by atoms with E-state index in [4.69, 9.17) is 4.18 Å². The van der Waals surface area contributed by atoms with Crippen molar-refractivity contribution in [2.75, 3.05) is 0 Å². The van der Waals surface area contributed by atoms with Gasteiger partial charge in [0, 0.05) is 0 Å². The van der Waals surface area contributed by atoms with E-state index < -0.39 is 11.4 Å². The zero-order valence-electron chi connectivity index (χ0n) is 14.8. The van der Waals surface area contributed by atoms with Crippen LogP contribution in [0.4, 0.5) is 0 Å². The highest BCUT2D eigenvalue weighted by molar-refractivity contribution is 7.74. The molecule has 23 heavy (non-hydrogen) atoms. The maximum atomic E-state index is 10.8. The quantitative estimate of drug-likeness (QED) is 0.360. The number of hydrogen-bond donors (Lipinski definition) is 0. The molecule has 1 rings (SSSR count). The first-order valence-electron chi connectivity index (χ1n) is 8.91. The van der Waals surface area contributed by atoms with Gasteiger partial charge in [-0.1, -0.05) is 83.9 Å². The molecule has 0 saturated heterocycles. The molecular formula is C19H31O3S-. The third-order valence-electron chi connectivity index (χ3n) is 4.41. The molecule has 0 aliphatic rings. The Kier molecular flexibility index (Phi) is 10.2. The maximum Gasteiger partial charge on any atom is 0.142 e. The summed E-state index contributed by atoms with van der Waals surface area (Å²) in [6.45, 7) is 6.68. The molecule has 0 amide bonds. The van der Waals surface area contributed by atoms with Crippen molar-refractivity contribution >= 4 is 11.4 Å². The van der Waals surface area contributed by atoms with Crippen molar-refractivity contribution in [2.24, 2.45) is 5.92 Å². The number of para-hydroxylation sites is 1. The van der Waals surface area contributed by atoms with Crippen LogP contribution in [0.5, 0.6) is 5.75 Å². The van der Waals surface area contributed by atoms with Crippen molar-refractivity contribution in [3.8, 4) is 5.75 Å². The highest BCUT2D eigenvalue weighted by Crippen LogP contribution is 2.32. The van der Waals surface area contributed by atoms with Gasteiger partial charge in [-0.25, -0.2) is 4.21 Å². The van der Waals surface area contributed by atoms with Crippen molar-refractivity contribution in [2.45, 2.75) is 78.1 Å². The summed E-state index contributed by atoms with van der Waals surface area (Å²) in [5.41, 5.74) is 0.978. The van der Waals surface area contributed by atoms with Gasteiger partial charge < -0.3 is 8.74 Å². The molecule has 1 aromatic carbocycles. The lowest BCUT2D eigenvalue weighted by atomic mass is 9.88. The Balaban J connectivity index is 2.40. The molecule has 1 aromatic rings. The molecule has 0 aromatic heterocycles. The van der Waals surface area contributed by atoms with Crippen LogP contribution in [0, 0.1) is 5.92 Å². The van der Waals surface area contributed by atoms with E-state index in [0.29, 0.717) is 17.6 Å². The predicted octanol–water partition coefficient (Wildman–Crippen LogP) is 5.74. The first kappa shape index (κ1) is 20.2. The summed E-state index contributed by atoms with van der Waals surface area (Å²) in [6, 6.07) is 7.42. The Morgan fingerprint density at radius 1 is 1.09 bits per heavy atom. The molecule has 3 nitrogen and oxygen atoms in total. The van der Waals surface area contributed by atoms with Crippen LogP contribution in [0.15, 0.2) is 24.3 Å². The van der Waals surface area contributed by atoms with E-state index in [2.05, 4.69) is 20.8 Å². The number of unbranched alkanes of at least 4 members (excludes halogenated alkanes) is 5. The maximum absolute atomic E-state index is 10.8. The van der Waals surface area contributed by atoms with Crippen molar-refractivity contribution in [1.29, 1.82) is 0 Å². The van der Waals surface area contributed by atoms with Gasteiger partial charge in [-0.3, -0.25) is 0 Å². The Labute approximate surface area is 144 Å². The van der Waals surface area contributed by atoms with Crippen molar-refractivity contribution in [1.82, 2.24) is 0 Å². The lowest BCUT2D eigenvalue weighted by Crippen LogP contribution is -2.06. The van der Waals surface area contributed by atoms with E-state index in [-0.39, 0.29) is 0 Å². The van der Waals surface area contributed by atoms with Gasteiger partial charge in [0.15, 0.2) is 0 Å². The zero-order valence-corrected chi connectivity index (χ0v) is 15.6. The molecule has 3 atom stereocenters. The molecule has 0 spiro atoms. The van der Waals surface area contributed by atoms with Gasteiger partial charge in [0.2, 0.25) is 0 Å². The molecule has 0 saturated carbocycles. The van der Waals surface area contributed by atoms with E-state index in [1.165, 1.54) is 44.9 Å². The van der Waals surface area contributed by atoms with Crippen molar-refractivity contribution < 1.29 is 12.9 Å².